The monoisotopic (exact) mass is 472 g/mol. The van der Waals surface area contributed by atoms with Crippen LogP contribution in [0, 0.1) is 13.8 Å². The van der Waals surface area contributed by atoms with Crippen LogP contribution in [-0.4, -0.2) is 85.4 Å². The summed E-state index contributed by atoms with van der Waals surface area (Å²) in [7, 11) is -3.54. The molecule has 31 heavy (non-hydrogen) atoms. The molecule has 1 aromatic carbocycles. The number of morpholine rings is 1. The van der Waals surface area contributed by atoms with Gasteiger partial charge in [-0.05, 0) is 51.8 Å². The van der Waals surface area contributed by atoms with Gasteiger partial charge in [-0.25, -0.2) is 0 Å². The fourth-order valence-corrected chi connectivity index (χ4v) is 6.39. The number of rotatable bonds is 5. The minimum atomic E-state index is -3.54. The molecule has 2 heterocycles. The van der Waals surface area contributed by atoms with E-state index in [1.807, 2.05) is 51.7 Å². The lowest BCUT2D eigenvalue weighted by Gasteiger charge is -2.41. The molecule has 1 aromatic rings. The summed E-state index contributed by atoms with van der Waals surface area (Å²) >= 11 is 6.32. The van der Waals surface area contributed by atoms with Crippen molar-refractivity contribution < 1.29 is 17.9 Å². The largest absolute Gasteiger partial charge is 0.373 e. The van der Waals surface area contributed by atoms with Crippen molar-refractivity contribution in [3.63, 3.8) is 0 Å². The van der Waals surface area contributed by atoms with Crippen LogP contribution in [0.15, 0.2) is 12.1 Å². The number of piperazine rings is 1. The molecule has 174 valence electrons. The first kappa shape index (κ1) is 24.4. The Morgan fingerprint density at radius 1 is 1.10 bits per heavy atom. The first-order valence-electron chi connectivity index (χ1n) is 10.7. The van der Waals surface area contributed by atoms with Crippen LogP contribution < -0.4 is 5.32 Å². The van der Waals surface area contributed by atoms with Gasteiger partial charge in [0.25, 0.3) is 10.2 Å². The van der Waals surface area contributed by atoms with Crippen molar-refractivity contribution in [2.75, 3.05) is 44.6 Å². The lowest BCUT2D eigenvalue weighted by atomic mass is 10.1. The Bertz CT molecular complexity index is 885. The van der Waals surface area contributed by atoms with Crippen LogP contribution in [0.5, 0.6) is 0 Å². The first-order valence-corrected chi connectivity index (χ1v) is 12.5. The zero-order chi connectivity index (χ0) is 22.9. The van der Waals surface area contributed by atoms with Gasteiger partial charge in [-0.3, -0.25) is 9.69 Å². The Hall–Kier alpha value is -1.23. The number of benzene rings is 1. The molecule has 0 radical (unpaired) electrons. The maximum absolute atomic E-state index is 13.1. The lowest BCUT2D eigenvalue weighted by Crippen LogP contribution is -2.58. The van der Waals surface area contributed by atoms with E-state index in [0.717, 1.165) is 11.1 Å². The number of carbonyl (C=O) groups is 1. The standard InChI is InChI=1S/C21H33ClN4O4S/c1-14-10-15(2)20(19(22)11-14)23-21(27)18(5)24-6-8-25(9-7-24)31(28,29)26-12-16(3)30-17(4)13-26/h10-11,16-18H,6-9,12-13H2,1-5H3,(H,23,27). The number of nitrogens with zero attached hydrogens (tertiary/aromatic N) is 3. The summed E-state index contributed by atoms with van der Waals surface area (Å²) in [4.78, 5) is 14.8. The smallest absolute Gasteiger partial charge is 0.282 e. The highest BCUT2D eigenvalue weighted by molar-refractivity contribution is 7.86. The van der Waals surface area contributed by atoms with Crippen molar-refractivity contribution in [2.24, 2.45) is 0 Å². The second-order valence-electron chi connectivity index (χ2n) is 8.62. The van der Waals surface area contributed by atoms with E-state index in [9.17, 15) is 13.2 Å². The van der Waals surface area contributed by atoms with Gasteiger partial charge >= 0.3 is 0 Å². The average molecular weight is 473 g/mol. The van der Waals surface area contributed by atoms with Crippen molar-refractivity contribution >= 4 is 33.4 Å². The van der Waals surface area contributed by atoms with Crippen LogP contribution in [0.3, 0.4) is 0 Å². The Labute approximate surface area is 190 Å². The van der Waals surface area contributed by atoms with Crippen molar-refractivity contribution in [3.8, 4) is 0 Å². The number of amides is 1. The zero-order valence-corrected chi connectivity index (χ0v) is 20.5. The number of halogens is 1. The van der Waals surface area contributed by atoms with Crippen molar-refractivity contribution in [1.29, 1.82) is 0 Å². The van der Waals surface area contributed by atoms with E-state index in [2.05, 4.69) is 5.32 Å². The molecule has 3 unspecified atom stereocenters. The number of ether oxygens (including phenoxy) is 1. The van der Waals surface area contributed by atoms with Gasteiger partial charge in [0.1, 0.15) is 0 Å². The highest BCUT2D eigenvalue weighted by atomic mass is 35.5. The van der Waals surface area contributed by atoms with Crippen molar-refractivity contribution in [2.45, 2.75) is 52.9 Å². The highest BCUT2D eigenvalue weighted by Crippen LogP contribution is 2.28. The Morgan fingerprint density at radius 2 is 1.68 bits per heavy atom. The van der Waals surface area contributed by atoms with Gasteiger partial charge < -0.3 is 10.1 Å². The number of nitrogens with one attached hydrogen (secondary N) is 1. The molecule has 0 aliphatic carbocycles. The SMILES string of the molecule is Cc1cc(C)c(NC(=O)C(C)N2CCN(S(=O)(=O)N3CC(C)OC(C)C3)CC2)c(Cl)c1. The van der Waals surface area contributed by atoms with Gasteiger partial charge in [0.15, 0.2) is 0 Å². The average Bonchev–Trinajstić information content (AvgIpc) is 2.69. The number of hydrogen-bond acceptors (Lipinski definition) is 5. The van der Waals surface area contributed by atoms with E-state index >= 15 is 0 Å². The third-order valence-electron chi connectivity index (χ3n) is 5.92. The Morgan fingerprint density at radius 3 is 2.23 bits per heavy atom. The molecule has 0 saturated carbocycles. The first-order chi connectivity index (χ1) is 14.5. The van der Waals surface area contributed by atoms with Crippen molar-refractivity contribution in [3.05, 3.63) is 28.3 Å². The molecule has 0 bridgehead atoms. The molecule has 2 fully saturated rings. The summed E-state index contributed by atoms with van der Waals surface area (Å²) in [6.45, 7) is 11.9. The molecule has 1 N–H and O–H groups in total. The van der Waals surface area contributed by atoms with E-state index in [1.54, 1.807) is 0 Å². The van der Waals surface area contributed by atoms with Gasteiger partial charge in [0, 0.05) is 39.3 Å². The summed E-state index contributed by atoms with van der Waals surface area (Å²) in [6.07, 6.45) is -0.249. The van der Waals surface area contributed by atoms with Crippen LogP contribution in [0.2, 0.25) is 5.02 Å². The van der Waals surface area contributed by atoms with Gasteiger partial charge in [-0.2, -0.15) is 17.0 Å². The summed E-state index contributed by atoms with van der Waals surface area (Å²) in [5, 5.41) is 3.46. The molecule has 1 amide bonds. The summed E-state index contributed by atoms with van der Waals surface area (Å²) in [5.41, 5.74) is 2.58. The van der Waals surface area contributed by atoms with Crippen LogP contribution in [0.1, 0.15) is 31.9 Å². The van der Waals surface area contributed by atoms with E-state index in [0.29, 0.717) is 50.0 Å². The molecule has 0 aromatic heterocycles. The topological polar surface area (TPSA) is 82.2 Å². The van der Waals surface area contributed by atoms with Gasteiger partial charge in [0.2, 0.25) is 5.91 Å². The molecule has 0 spiro atoms. The summed E-state index contributed by atoms with van der Waals surface area (Å²) in [6, 6.07) is 3.40. The summed E-state index contributed by atoms with van der Waals surface area (Å²) < 4.78 is 34.8. The fraction of sp³-hybridized carbons (Fsp3) is 0.667. The number of aryl methyl sites for hydroxylation is 2. The van der Waals surface area contributed by atoms with Crippen LogP contribution >= 0.6 is 11.6 Å². The summed E-state index contributed by atoms with van der Waals surface area (Å²) in [5.74, 6) is -0.152. The van der Waals surface area contributed by atoms with Gasteiger partial charge in [-0.15, -0.1) is 0 Å². The second kappa shape index (κ2) is 9.72. The van der Waals surface area contributed by atoms with E-state index in [4.69, 9.17) is 16.3 Å². The Balaban J connectivity index is 1.59. The minimum Gasteiger partial charge on any atom is -0.373 e. The predicted molar refractivity (Wildman–Crippen MR) is 123 cm³/mol. The minimum absolute atomic E-state index is 0.124. The normalized spacial score (nSPS) is 25.4. The van der Waals surface area contributed by atoms with E-state index < -0.39 is 16.3 Å². The second-order valence-corrected chi connectivity index (χ2v) is 11.0. The maximum atomic E-state index is 13.1. The van der Waals surface area contributed by atoms with Gasteiger partial charge in [0.05, 0.1) is 29.0 Å². The molecule has 3 rings (SSSR count). The maximum Gasteiger partial charge on any atom is 0.282 e. The molecular weight excluding hydrogens is 440 g/mol. The molecule has 3 atom stereocenters. The molecule has 2 aliphatic rings. The highest BCUT2D eigenvalue weighted by Gasteiger charge is 2.37. The molecule has 2 aliphatic heterocycles. The fourth-order valence-electron chi connectivity index (χ4n) is 4.27. The third-order valence-corrected chi connectivity index (χ3v) is 8.19. The lowest BCUT2D eigenvalue weighted by molar-refractivity contribution is -0.121. The van der Waals surface area contributed by atoms with Crippen molar-refractivity contribution in [1.82, 2.24) is 13.5 Å². The van der Waals surface area contributed by atoms with Gasteiger partial charge in [-0.1, -0.05) is 17.7 Å². The van der Waals surface area contributed by atoms with E-state index in [1.165, 1.54) is 8.61 Å². The number of carbonyl (C=O) groups excluding carboxylic acids is 1. The molecule has 10 heteroatoms. The quantitative estimate of drug-likeness (QED) is 0.710. The molecule has 8 nitrogen and oxygen atoms in total. The predicted octanol–water partition coefficient (Wildman–Crippen LogP) is 2.26. The van der Waals surface area contributed by atoms with E-state index in [-0.39, 0.29) is 18.1 Å². The third kappa shape index (κ3) is 5.58. The van der Waals surface area contributed by atoms with Crippen LogP contribution in [0.25, 0.3) is 0 Å². The Kier molecular flexibility index (Phi) is 7.66. The number of hydrogen-bond donors (Lipinski definition) is 1. The number of anilines is 1. The molecule has 2 saturated heterocycles. The van der Waals surface area contributed by atoms with Crippen LogP contribution in [-0.2, 0) is 19.7 Å². The van der Waals surface area contributed by atoms with Crippen LogP contribution in [0.4, 0.5) is 5.69 Å². The molecular formula is C21H33ClN4O4S. The zero-order valence-electron chi connectivity index (χ0n) is 18.9.